The van der Waals surface area contributed by atoms with Crippen LogP contribution in [0, 0.1) is 0 Å². The van der Waals surface area contributed by atoms with Crippen molar-refractivity contribution in [2.45, 2.75) is 12.8 Å². The van der Waals surface area contributed by atoms with Crippen LogP contribution in [0.2, 0.25) is 10.0 Å². The van der Waals surface area contributed by atoms with Crippen LogP contribution in [0.5, 0.6) is 0 Å². The predicted molar refractivity (Wildman–Crippen MR) is 95.1 cm³/mol. The number of benzene rings is 1. The summed E-state index contributed by atoms with van der Waals surface area (Å²) in [5, 5.41) is 3.65. The number of rotatable bonds is 7. The minimum Gasteiger partial charge on any atom is -0.324 e. The van der Waals surface area contributed by atoms with Crippen molar-refractivity contribution in [1.82, 2.24) is 9.88 Å². The van der Waals surface area contributed by atoms with E-state index in [1.807, 2.05) is 19.2 Å². The van der Waals surface area contributed by atoms with Crippen LogP contribution in [0.15, 0.2) is 42.7 Å². The van der Waals surface area contributed by atoms with Crippen LogP contribution in [0.3, 0.4) is 0 Å². The van der Waals surface area contributed by atoms with E-state index in [0.29, 0.717) is 28.7 Å². The highest BCUT2D eigenvalue weighted by atomic mass is 35.5. The van der Waals surface area contributed by atoms with E-state index >= 15 is 0 Å². The zero-order chi connectivity index (χ0) is 16.7. The van der Waals surface area contributed by atoms with E-state index < -0.39 is 0 Å². The molecule has 0 spiro atoms. The number of anilines is 1. The number of amides is 1. The van der Waals surface area contributed by atoms with Gasteiger partial charge < -0.3 is 10.2 Å². The molecule has 0 saturated heterocycles. The molecule has 6 heteroatoms. The number of hydrogen-bond donors (Lipinski definition) is 1. The quantitative estimate of drug-likeness (QED) is 0.822. The van der Waals surface area contributed by atoms with Crippen molar-refractivity contribution in [3.63, 3.8) is 0 Å². The van der Waals surface area contributed by atoms with E-state index in [0.717, 1.165) is 13.0 Å². The Morgan fingerprint density at radius 2 is 1.78 bits per heavy atom. The van der Waals surface area contributed by atoms with Gasteiger partial charge in [-0.25, -0.2) is 0 Å². The van der Waals surface area contributed by atoms with Gasteiger partial charge in [-0.3, -0.25) is 9.78 Å². The molecule has 4 nitrogen and oxygen atoms in total. The lowest BCUT2D eigenvalue weighted by atomic mass is 10.2. The van der Waals surface area contributed by atoms with Gasteiger partial charge in [0.1, 0.15) is 0 Å². The Bertz CT molecular complexity index is 629. The second-order valence-corrected chi connectivity index (χ2v) is 6.12. The second-order valence-electron chi connectivity index (χ2n) is 5.30. The molecular weight excluding hydrogens is 333 g/mol. The lowest BCUT2D eigenvalue weighted by molar-refractivity contribution is -0.116. The molecule has 0 aliphatic heterocycles. The molecule has 1 heterocycles. The third kappa shape index (κ3) is 5.82. The van der Waals surface area contributed by atoms with E-state index in [-0.39, 0.29) is 5.91 Å². The summed E-state index contributed by atoms with van der Waals surface area (Å²) in [5.74, 6) is -0.101. The molecule has 0 saturated carbocycles. The van der Waals surface area contributed by atoms with Gasteiger partial charge in [-0.1, -0.05) is 29.3 Å². The van der Waals surface area contributed by atoms with Crippen molar-refractivity contribution in [3.05, 3.63) is 58.3 Å². The number of nitrogens with one attached hydrogen (secondary N) is 1. The summed E-state index contributed by atoms with van der Waals surface area (Å²) in [7, 11) is 2.00. The smallest absolute Gasteiger partial charge is 0.225 e. The summed E-state index contributed by atoms with van der Waals surface area (Å²) < 4.78 is 0. The van der Waals surface area contributed by atoms with Crippen LogP contribution in [0.25, 0.3) is 0 Å². The molecule has 0 fully saturated rings. The lowest BCUT2D eigenvalue weighted by Crippen LogP contribution is -2.26. The maximum absolute atomic E-state index is 12.0. The van der Waals surface area contributed by atoms with Gasteiger partial charge in [0, 0.05) is 31.9 Å². The Balaban J connectivity index is 1.75. The van der Waals surface area contributed by atoms with E-state index in [4.69, 9.17) is 23.2 Å². The summed E-state index contributed by atoms with van der Waals surface area (Å²) in [5.41, 5.74) is 1.71. The maximum Gasteiger partial charge on any atom is 0.225 e. The largest absolute Gasteiger partial charge is 0.324 e. The van der Waals surface area contributed by atoms with Crippen LogP contribution in [-0.4, -0.2) is 35.9 Å². The van der Waals surface area contributed by atoms with Crippen LogP contribution in [0.4, 0.5) is 5.69 Å². The van der Waals surface area contributed by atoms with Gasteiger partial charge in [0.25, 0.3) is 0 Å². The Morgan fingerprint density at radius 3 is 2.43 bits per heavy atom. The van der Waals surface area contributed by atoms with Gasteiger partial charge in [-0.05, 0) is 43.3 Å². The van der Waals surface area contributed by atoms with Gasteiger partial charge in [-0.2, -0.15) is 0 Å². The lowest BCUT2D eigenvalue weighted by Gasteiger charge is -2.16. The van der Waals surface area contributed by atoms with Crippen LogP contribution in [0.1, 0.15) is 12.0 Å². The molecule has 0 radical (unpaired) electrons. The highest BCUT2D eigenvalue weighted by Crippen LogP contribution is 2.29. The number of halogens is 2. The van der Waals surface area contributed by atoms with Gasteiger partial charge in [-0.15, -0.1) is 0 Å². The molecule has 2 aromatic rings. The minimum atomic E-state index is -0.101. The van der Waals surface area contributed by atoms with Crippen molar-refractivity contribution < 1.29 is 4.79 Å². The van der Waals surface area contributed by atoms with E-state index in [9.17, 15) is 4.79 Å². The molecule has 23 heavy (non-hydrogen) atoms. The fourth-order valence-corrected chi connectivity index (χ4v) is 2.58. The molecule has 0 bridgehead atoms. The second kappa shape index (κ2) is 8.87. The number of carbonyl (C=O) groups is 1. The SMILES string of the molecule is CN(CCC(=O)Nc1c(Cl)cccc1Cl)CCc1ccncc1. The highest BCUT2D eigenvalue weighted by Gasteiger charge is 2.10. The molecule has 0 atom stereocenters. The number of hydrogen-bond acceptors (Lipinski definition) is 3. The Morgan fingerprint density at radius 1 is 1.13 bits per heavy atom. The average Bonchev–Trinajstić information content (AvgIpc) is 2.55. The molecule has 0 aliphatic rings. The molecule has 1 amide bonds. The molecule has 1 N–H and O–H groups in total. The van der Waals surface area contributed by atoms with Crippen molar-refractivity contribution in [3.8, 4) is 0 Å². The number of likely N-dealkylation sites (N-methyl/N-ethyl adjacent to an activating group) is 1. The standard InChI is InChI=1S/C17H19Cl2N3O/c1-22(11-7-13-5-9-20-10-6-13)12-8-16(23)21-17-14(18)3-2-4-15(17)19/h2-6,9-10H,7-8,11-12H2,1H3,(H,21,23). The fraction of sp³-hybridized carbons (Fsp3) is 0.294. The number of pyridine rings is 1. The Hall–Kier alpha value is -1.62. The monoisotopic (exact) mass is 351 g/mol. The highest BCUT2D eigenvalue weighted by molar-refractivity contribution is 6.39. The van der Waals surface area contributed by atoms with Crippen molar-refractivity contribution in [1.29, 1.82) is 0 Å². The summed E-state index contributed by atoms with van der Waals surface area (Å²) in [6.45, 7) is 1.54. The molecule has 1 aromatic heterocycles. The normalized spacial score (nSPS) is 10.8. The minimum absolute atomic E-state index is 0.101. The topological polar surface area (TPSA) is 45.2 Å². The van der Waals surface area contributed by atoms with Gasteiger partial charge >= 0.3 is 0 Å². The first kappa shape index (κ1) is 17.7. The molecular formula is C17H19Cl2N3O. The molecule has 0 aliphatic carbocycles. The zero-order valence-corrected chi connectivity index (χ0v) is 14.4. The first-order chi connectivity index (χ1) is 11.1. The van der Waals surface area contributed by atoms with Crippen LogP contribution < -0.4 is 5.32 Å². The van der Waals surface area contributed by atoms with Crippen LogP contribution in [-0.2, 0) is 11.2 Å². The van der Waals surface area contributed by atoms with Crippen molar-refractivity contribution >= 4 is 34.8 Å². The summed E-state index contributed by atoms with van der Waals surface area (Å²) in [4.78, 5) is 18.1. The summed E-state index contributed by atoms with van der Waals surface area (Å²) in [6, 6.07) is 9.14. The molecule has 122 valence electrons. The Labute approximate surface area is 146 Å². The molecule has 1 aromatic carbocycles. The van der Waals surface area contributed by atoms with E-state index in [1.54, 1.807) is 30.6 Å². The number of aromatic nitrogens is 1. The Kier molecular flexibility index (Phi) is 6.84. The third-order valence-corrected chi connectivity index (χ3v) is 4.11. The predicted octanol–water partition coefficient (Wildman–Crippen LogP) is 3.89. The zero-order valence-electron chi connectivity index (χ0n) is 12.9. The summed E-state index contributed by atoms with van der Waals surface area (Å²) >= 11 is 12.1. The maximum atomic E-state index is 12.0. The first-order valence-electron chi connectivity index (χ1n) is 7.37. The van der Waals surface area contributed by atoms with E-state index in [1.165, 1.54) is 5.56 Å². The number of para-hydroxylation sites is 1. The van der Waals surface area contributed by atoms with Gasteiger partial charge in [0.05, 0.1) is 15.7 Å². The molecule has 0 unspecified atom stereocenters. The fourth-order valence-electron chi connectivity index (χ4n) is 2.09. The van der Waals surface area contributed by atoms with Gasteiger partial charge in [0.15, 0.2) is 0 Å². The van der Waals surface area contributed by atoms with E-state index in [2.05, 4.69) is 15.2 Å². The average molecular weight is 352 g/mol. The number of carbonyl (C=O) groups excluding carboxylic acids is 1. The number of nitrogens with zero attached hydrogens (tertiary/aromatic N) is 2. The third-order valence-electron chi connectivity index (χ3n) is 3.48. The molecule has 2 rings (SSSR count). The van der Waals surface area contributed by atoms with Crippen molar-refractivity contribution in [2.24, 2.45) is 0 Å². The van der Waals surface area contributed by atoms with Crippen molar-refractivity contribution in [2.75, 3.05) is 25.5 Å². The summed E-state index contributed by atoms with van der Waals surface area (Å²) in [6.07, 6.45) is 4.89. The van der Waals surface area contributed by atoms with Gasteiger partial charge in [0.2, 0.25) is 5.91 Å². The first-order valence-corrected chi connectivity index (χ1v) is 8.13. The van der Waals surface area contributed by atoms with Crippen LogP contribution >= 0.6 is 23.2 Å².